The average Bonchev–Trinajstić information content (AvgIpc) is 2.45. The summed E-state index contributed by atoms with van der Waals surface area (Å²) in [6.45, 7) is 4.33. The molecule has 0 atom stereocenters. The van der Waals surface area contributed by atoms with E-state index in [1.807, 2.05) is 44.2 Å². The van der Waals surface area contributed by atoms with Gasteiger partial charge in [0.05, 0.1) is 12.8 Å². The van der Waals surface area contributed by atoms with Crippen molar-refractivity contribution in [2.45, 2.75) is 33.0 Å². The first-order chi connectivity index (χ1) is 9.20. The lowest BCUT2D eigenvalue weighted by Crippen LogP contribution is -2.05. The first kappa shape index (κ1) is 13.5. The van der Waals surface area contributed by atoms with Crippen LogP contribution in [0.15, 0.2) is 36.5 Å². The van der Waals surface area contributed by atoms with Crippen LogP contribution < -0.4 is 4.74 Å². The Morgan fingerprint density at radius 3 is 2.58 bits per heavy atom. The number of hydrogen-bond acceptors (Lipinski definition) is 4. The Labute approximate surface area is 113 Å². The maximum atomic E-state index is 9.35. The molecule has 0 aliphatic carbocycles. The molecule has 1 aromatic heterocycles. The number of benzene rings is 1. The van der Waals surface area contributed by atoms with E-state index < -0.39 is 0 Å². The first-order valence-electron chi connectivity index (χ1n) is 6.34. The molecular weight excluding hydrogens is 240 g/mol. The van der Waals surface area contributed by atoms with Gasteiger partial charge in [-0.1, -0.05) is 44.2 Å². The van der Waals surface area contributed by atoms with Gasteiger partial charge in [0, 0.05) is 5.92 Å². The van der Waals surface area contributed by atoms with Gasteiger partial charge in [0.2, 0.25) is 0 Å². The van der Waals surface area contributed by atoms with Crippen LogP contribution >= 0.6 is 0 Å². The summed E-state index contributed by atoms with van der Waals surface area (Å²) in [6, 6.07) is 9.86. The van der Waals surface area contributed by atoms with Crippen LogP contribution in [0.2, 0.25) is 0 Å². The summed E-state index contributed by atoms with van der Waals surface area (Å²) in [6.07, 6.45) is 1.64. The van der Waals surface area contributed by atoms with E-state index in [9.17, 15) is 5.11 Å². The number of aromatic nitrogens is 2. The standard InChI is InChI=1S/C15H18N2O2/c1-11(2)15-16-8-14(13(9-18)17-15)19-10-12-6-4-3-5-7-12/h3-8,11,18H,9-10H2,1-2H3. The van der Waals surface area contributed by atoms with Crippen LogP contribution in [-0.2, 0) is 13.2 Å². The van der Waals surface area contributed by atoms with Gasteiger partial charge in [-0.3, -0.25) is 0 Å². The molecule has 2 rings (SSSR count). The Kier molecular flexibility index (Phi) is 4.47. The topological polar surface area (TPSA) is 55.2 Å². The second-order valence-electron chi connectivity index (χ2n) is 4.63. The van der Waals surface area contributed by atoms with Gasteiger partial charge in [-0.25, -0.2) is 9.97 Å². The first-order valence-corrected chi connectivity index (χ1v) is 6.34. The van der Waals surface area contributed by atoms with E-state index in [4.69, 9.17) is 4.74 Å². The van der Waals surface area contributed by atoms with Crippen molar-refractivity contribution in [3.63, 3.8) is 0 Å². The molecule has 0 unspecified atom stereocenters. The molecule has 1 N–H and O–H groups in total. The van der Waals surface area contributed by atoms with Crippen LogP contribution in [-0.4, -0.2) is 15.1 Å². The third-order valence-electron chi connectivity index (χ3n) is 2.75. The molecule has 0 amide bonds. The fourth-order valence-corrected chi connectivity index (χ4v) is 1.67. The molecule has 19 heavy (non-hydrogen) atoms. The molecule has 1 heterocycles. The van der Waals surface area contributed by atoms with Gasteiger partial charge < -0.3 is 9.84 Å². The number of aliphatic hydroxyl groups is 1. The van der Waals surface area contributed by atoms with E-state index in [1.165, 1.54) is 0 Å². The van der Waals surface area contributed by atoms with Crippen LogP contribution in [0, 0.1) is 0 Å². The lowest BCUT2D eigenvalue weighted by molar-refractivity contribution is 0.251. The summed E-state index contributed by atoms with van der Waals surface area (Å²) in [7, 11) is 0. The highest BCUT2D eigenvalue weighted by atomic mass is 16.5. The normalized spacial score (nSPS) is 10.7. The number of rotatable bonds is 5. The highest BCUT2D eigenvalue weighted by molar-refractivity contribution is 5.25. The molecule has 0 spiro atoms. The van der Waals surface area contributed by atoms with Crippen molar-refractivity contribution in [3.05, 3.63) is 53.6 Å². The molecule has 0 aliphatic heterocycles. The summed E-state index contributed by atoms with van der Waals surface area (Å²) < 4.78 is 5.66. The molecule has 100 valence electrons. The van der Waals surface area contributed by atoms with Crippen LogP contribution in [0.5, 0.6) is 5.75 Å². The fourth-order valence-electron chi connectivity index (χ4n) is 1.67. The van der Waals surface area contributed by atoms with Gasteiger partial charge in [-0.05, 0) is 5.56 Å². The zero-order valence-corrected chi connectivity index (χ0v) is 11.2. The predicted molar refractivity (Wildman–Crippen MR) is 72.8 cm³/mol. The number of aliphatic hydroxyl groups excluding tert-OH is 1. The van der Waals surface area contributed by atoms with Gasteiger partial charge in [-0.2, -0.15) is 0 Å². The summed E-state index contributed by atoms with van der Waals surface area (Å²) in [5, 5.41) is 9.35. The highest BCUT2D eigenvalue weighted by Crippen LogP contribution is 2.19. The Morgan fingerprint density at radius 2 is 1.95 bits per heavy atom. The van der Waals surface area contributed by atoms with Crippen molar-refractivity contribution in [2.24, 2.45) is 0 Å². The highest BCUT2D eigenvalue weighted by Gasteiger charge is 2.10. The van der Waals surface area contributed by atoms with Crippen LogP contribution in [0.3, 0.4) is 0 Å². The van der Waals surface area contributed by atoms with E-state index in [-0.39, 0.29) is 12.5 Å². The predicted octanol–water partition coefficient (Wildman–Crippen LogP) is 2.67. The maximum Gasteiger partial charge on any atom is 0.162 e. The average molecular weight is 258 g/mol. The minimum Gasteiger partial charge on any atom is -0.485 e. The summed E-state index contributed by atoms with van der Waals surface area (Å²) >= 11 is 0. The molecule has 4 nitrogen and oxygen atoms in total. The molecule has 2 aromatic rings. The lowest BCUT2D eigenvalue weighted by atomic mass is 10.2. The Hall–Kier alpha value is -1.94. The Bertz CT molecular complexity index is 527. The maximum absolute atomic E-state index is 9.35. The monoisotopic (exact) mass is 258 g/mol. The van der Waals surface area contributed by atoms with Gasteiger partial charge in [0.25, 0.3) is 0 Å². The summed E-state index contributed by atoms with van der Waals surface area (Å²) in [5.41, 5.74) is 1.61. The van der Waals surface area contributed by atoms with E-state index >= 15 is 0 Å². The van der Waals surface area contributed by atoms with Crippen molar-refractivity contribution in [1.82, 2.24) is 9.97 Å². The molecule has 4 heteroatoms. The molecule has 0 aliphatic rings. The number of ether oxygens (including phenoxy) is 1. The third-order valence-corrected chi connectivity index (χ3v) is 2.75. The van der Waals surface area contributed by atoms with Crippen molar-refractivity contribution in [2.75, 3.05) is 0 Å². The quantitative estimate of drug-likeness (QED) is 0.895. The van der Waals surface area contributed by atoms with Crippen LogP contribution in [0.25, 0.3) is 0 Å². The van der Waals surface area contributed by atoms with Crippen molar-refractivity contribution >= 4 is 0 Å². The largest absolute Gasteiger partial charge is 0.485 e. The van der Waals surface area contributed by atoms with E-state index in [2.05, 4.69) is 9.97 Å². The second-order valence-corrected chi connectivity index (χ2v) is 4.63. The molecular formula is C15H18N2O2. The van der Waals surface area contributed by atoms with Crippen molar-refractivity contribution in [3.8, 4) is 5.75 Å². The van der Waals surface area contributed by atoms with Gasteiger partial charge >= 0.3 is 0 Å². The van der Waals surface area contributed by atoms with E-state index in [1.54, 1.807) is 6.20 Å². The van der Waals surface area contributed by atoms with Crippen LogP contribution in [0.1, 0.15) is 36.8 Å². The SMILES string of the molecule is CC(C)c1ncc(OCc2ccccc2)c(CO)n1. The van der Waals surface area contributed by atoms with Gasteiger partial charge in [0.1, 0.15) is 18.1 Å². The minimum atomic E-state index is -0.146. The van der Waals surface area contributed by atoms with Crippen molar-refractivity contribution in [1.29, 1.82) is 0 Å². The zero-order valence-electron chi connectivity index (χ0n) is 11.2. The molecule has 0 bridgehead atoms. The lowest BCUT2D eigenvalue weighted by Gasteiger charge is -2.11. The van der Waals surface area contributed by atoms with Gasteiger partial charge in [0.15, 0.2) is 5.75 Å². The Balaban J connectivity index is 2.12. The molecule has 0 radical (unpaired) electrons. The smallest absolute Gasteiger partial charge is 0.162 e. The fraction of sp³-hybridized carbons (Fsp3) is 0.333. The zero-order chi connectivity index (χ0) is 13.7. The third kappa shape index (κ3) is 3.51. The van der Waals surface area contributed by atoms with E-state index in [0.717, 1.165) is 11.4 Å². The Morgan fingerprint density at radius 1 is 1.21 bits per heavy atom. The second kappa shape index (κ2) is 6.29. The van der Waals surface area contributed by atoms with Crippen molar-refractivity contribution < 1.29 is 9.84 Å². The minimum absolute atomic E-state index is 0.146. The number of nitrogens with zero attached hydrogens (tertiary/aromatic N) is 2. The molecule has 0 saturated carbocycles. The van der Waals surface area contributed by atoms with E-state index in [0.29, 0.717) is 18.1 Å². The molecule has 1 aromatic carbocycles. The van der Waals surface area contributed by atoms with Crippen LogP contribution in [0.4, 0.5) is 0 Å². The molecule has 0 fully saturated rings. The molecule has 0 saturated heterocycles. The number of hydrogen-bond donors (Lipinski definition) is 1. The summed E-state index contributed by atoms with van der Waals surface area (Å²) in [4.78, 5) is 8.57. The summed E-state index contributed by atoms with van der Waals surface area (Å²) in [5.74, 6) is 1.49. The van der Waals surface area contributed by atoms with Gasteiger partial charge in [-0.15, -0.1) is 0 Å².